The van der Waals surface area contributed by atoms with Crippen LogP contribution >= 0.6 is 15.9 Å². The molecule has 1 atom stereocenters. The van der Waals surface area contributed by atoms with Gasteiger partial charge in [-0.15, -0.1) is 0 Å². The Morgan fingerprint density at radius 2 is 2.35 bits per heavy atom. The average molecular weight is 301 g/mol. The van der Waals surface area contributed by atoms with Crippen molar-refractivity contribution in [3.05, 3.63) is 34.1 Å². The van der Waals surface area contributed by atoms with E-state index < -0.39 is 0 Å². The van der Waals surface area contributed by atoms with Gasteiger partial charge in [-0.3, -0.25) is 0 Å². The first-order valence-corrected chi connectivity index (χ1v) is 6.80. The predicted molar refractivity (Wildman–Crippen MR) is 71.5 cm³/mol. The van der Waals surface area contributed by atoms with Crippen LogP contribution in [0.25, 0.3) is 0 Å². The zero-order valence-corrected chi connectivity index (χ0v) is 11.6. The quantitative estimate of drug-likeness (QED) is 0.920. The van der Waals surface area contributed by atoms with Gasteiger partial charge in [0.2, 0.25) is 0 Å². The van der Waals surface area contributed by atoms with Crippen molar-refractivity contribution < 1.29 is 4.39 Å². The molecule has 1 N–H and O–H groups in total. The van der Waals surface area contributed by atoms with Crippen LogP contribution in [-0.4, -0.2) is 31.1 Å². The number of rotatable bonds is 4. The molecule has 1 aliphatic heterocycles. The third-order valence-electron chi connectivity index (χ3n) is 3.13. The molecule has 1 saturated heterocycles. The summed E-state index contributed by atoms with van der Waals surface area (Å²) in [6, 6.07) is 5.93. The van der Waals surface area contributed by atoms with Gasteiger partial charge in [0.1, 0.15) is 5.82 Å². The minimum atomic E-state index is -0.185. The maximum atomic E-state index is 13.4. The summed E-state index contributed by atoms with van der Waals surface area (Å²) in [4.78, 5) is 2.24. The molecule has 1 heterocycles. The second-order valence-corrected chi connectivity index (χ2v) is 5.59. The van der Waals surface area contributed by atoms with Crippen molar-refractivity contribution in [1.29, 1.82) is 0 Å². The Balaban J connectivity index is 1.88. The van der Waals surface area contributed by atoms with E-state index in [1.165, 1.54) is 12.8 Å². The van der Waals surface area contributed by atoms with Gasteiger partial charge in [-0.2, -0.15) is 0 Å². The van der Waals surface area contributed by atoms with Gasteiger partial charge in [-0.25, -0.2) is 4.39 Å². The Morgan fingerprint density at radius 3 is 3.00 bits per heavy atom. The van der Waals surface area contributed by atoms with Crippen molar-refractivity contribution in [2.24, 2.45) is 0 Å². The molecule has 0 bridgehead atoms. The molecule has 94 valence electrons. The molecule has 1 aliphatic rings. The van der Waals surface area contributed by atoms with Crippen LogP contribution in [0, 0.1) is 5.82 Å². The number of halogens is 2. The molecule has 0 saturated carbocycles. The van der Waals surface area contributed by atoms with Crippen LogP contribution in [0.3, 0.4) is 0 Å². The molecule has 1 unspecified atom stereocenters. The zero-order chi connectivity index (χ0) is 12.3. The fraction of sp³-hybridized carbons (Fsp3) is 0.538. The molecular formula is C13H18BrFN2. The van der Waals surface area contributed by atoms with Crippen LogP contribution in [0.4, 0.5) is 4.39 Å². The van der Waals surface area contributed by atoms with Crippen molar-refractivity contribution in [3.8, 4) is 0 Å². The van der Waals surface area contributed by atoms with Gasteiger partial charge in [0.05, 0.1) is 4.47 Å². The highest BCUT2D eigenvalue weighted by Gasteiger charge is 2.15. The lowest BCUT2D eigenvalue weighted by Gasteiger charge is -2.21. The summed E-state index contributed by atoms with van der Waals surface area (Å²) in [7, 11) is 2.08. The Bertz CT molecular complexity index is 378. The van der Waals surface area contributed by atoms with E-state index in [4.69, 9.17) is 0 Å². The Hall–Kier alpha value is -0.450. The molecule has 17 heavy (non-hydrogen) atoms. The third-order valence-corrected chi connectivity index (χ3v) is 3.77. The van der Waals surface area contributed by atoms with Gasteiger partial charge in [0.25, 0.3) is 0 Å². The van der Waals surface area contributed by atoms with Crippen LogP contribution < -0.4 is 5.32 Å². The third kappa shape index (κ3) is 3.76. The number of nitrogens with zero attached hydrogens (tertiary/aromatic N) is 1. The first kappa shape index (κ1) is 13.0. The van der Waals surface area contributed by atoms with Crippen molar-refractivity contribution in [2.75, 3.05) is 20.1 Å². The lowest BCUT2D eigenvalue weighted by atomic mass is 10.2. The average Bonchev–Trinajstić information content (AvgIpc) is 2.76. The molecular weight excluding hydrogens is 283 g/mol. The summed E-state index contributed by atoms with van der Waals surface area (Å²) in [6.07, 6.45) is 2.52. The summed E-state index contributed by atoms with van der Waals surface area (Å²) in [5.74, 6) is -0.185. The molecule has 1 aromatic rings. The van der Waals surface area contributed by atoms with E-state index in [-0.39, 0.29) is 5.82 Å². The molecule has 0 spiro atoms. The van der Waals surface area contributed by atoms with Gasteiger partial charge < -0.3 is 10.2 Å². The summed E-state index contributed by atoms with van der Waals surface area (Å²) >= 11 is 3.17. The van der Waals surface area contributed by atoms with Crippen LogP contribution in [0.1, 0.15) is 18.4 Å². The van der Waals surface area contributed by atoms with E-state index >= 15 is 0 Å². The minimum absolute atomic E-state index is 0.185. The zero-order valence-electron chi connectivity index (χ0n) is 10.0. The topological polar surface area (TPSA) is 15.3 Å². The van der Waals surface area contributed by atoms with Crippen molar-refractivity contribution >= 4 is 15.9 Å². The van der Waals surface area contributed by atoms with E-state index in [9.17, 15) is 4.39 Å². The number of benzene rings is 1. The van der Waals surface area contributed by atoms with Crippen LogP contribution in [0.15, 0.2) is 22.7 Å². The highest BCUT2D eigenvalue weighted by Crippen LogP contribution is 2.17. The van der Waals surface area contributed by atoms with Crippen LogP contribution in [0.2, 0.25) is 0 Å². The van der Waals surface area contributed by atoms with Gasteiger partial charge >= 0.3 is 0 Å². The molecule has 0 aromatic heterocycles. The molecule has 1 aromatic carbocycles. The van der Waals surface area contributed by atoms with E-state index in [0.717, 1.165) is 25.2 Å². The standard InChI is InChI=1S/C13H18BrFN2/c1-17(9-11-3-2-6-16-11)8-10-4-5-12(14)13(15)7-10/h4-5,7,11,16H,2-3,6,8-9H2,1H3. The first-order valence-electron chi connectivity index (χ1n) is 6.01. The number of hydrogen-bond donors (Lipinski definition) is 1. The second-order valence-electron chi connectivity index (χ2n) is 4.74. The van der Waals surface area contributed by atoms with E-state index in [1.54, 1.807) is 12.1 Å². The van der Waals surface area contributed by atoms with Gasteiger partial charge in [-0.1, -0.05) is 6.07 Å². The normalized spacial score (nSPS) is 20.1. The summed E-state index contributed by atoms with van der Waals surface area (Å²) in [6.45, 7) is 2.95. The number of hydrogen-bond acceptors (Lipinski definition) is 2. The van der Waals surface area contributed by atoms with Gasteiger partial charge in [0.15, 0.2) is 0 Å². The van der Waals surface area contributed by atoms with E-state index in [2.05, 4.69) is 33.2 Å². The van der Waals surface area contributed by atoms with Crippen LogP contribution in [-0.2, 0) is 6.54 Å². The fourth-order valence-electron chi connectivity index (χ4n) is 2.30. The molecule has 0 radical (unpaired) electrons. The Labute approximate surface area is 110 Å². The highest BCUT2D eigenvalue weighted by molar-refractivity contribution is 9.10. The largest absolute Gasteiger partial charge is 0.313 e. The Kier molecular flexibility index (Phi) is 4.54. The molecule has 2 rings (SSSR count). The summed E-state index contributed by atoms with van der Waals surface area (Å²) in [5.41, 5.74) is 1.02. The van der Waals surface area contributed by atoms with Crippen molar-refractivity contribution in [2.45, 2.75) is 25.4 Å². The number of likely N-dealkylation sites (N-methyl/N-ethyl adjacent to an activating group) is 1. The second kappa shape index (κ2) is 5.94. The molecule has 0 amide bonds. The smallest absolute Gasteiger partial charge is 0.137 e. The maximum absolute atomic E-state index is 13.4. The SMILES string of the molecule is CN(Cc1ccc(Br)c(F)c1)CC1CCCN1. The highest BCUT2D eigenvalue weighted by atomic mass is 79.9. The first-order chi connectivity index (χ1) is 8.15. The minimum Gasteiger partial charge on any atom is -0.313 e. The molecule has 4 heteroatoms. The predicted octanol–water partition coefficient (Wildman–Crippen LogP) is 2.77. The summed E-state index contributed by atoms with van der Waals surface area (Å²) < 4.78 is 13.9. The lowest BCUT2D eigenvalue weighted by Crippen LogP contribution is -2.34. The van der Waals surface area contributed by atoms with E-state index in [1.807, 2.05) is 6.07 Å². The van der Waals surface area contributed by atoms with Gasteiger partial charge in [-0.05, 0) is 60.1 Å². The summed E-state index contributed by atoms with van der Waals surface area (Å²) in [5, 5.41) is 3.47. The van der Waals surface area contributed by atoms with E-state index in [0.29, 0.717) is 10.5 Å². The van der Waals surface area contributed by atoms with Gasteiger partial charge in [0, 0.05) is 19.1 Å². The van der Waals surface area contributed by atoms with Crippen molar-refractivity contribution in [3.63, 3.8) is 0 Å². The monoisotopic (exact) mass is 300 g/mol. The lowest BCUT2D eigenvalue weighted by molar-refractivity contribution is 0.293. The molecule has 0 aliphatic carbocycles. The molecule has 2 nitrogen and oxygen atoms in total. The number of nitrogens with one attached hydrogen (secondary N) is 1. The van der Waals surface area contributed by atoms with Crippen LogP contribution in [0.5, 0.6) is 0 Å². The Morgan fingerprint density at radius 1 is 1.53 bits per heavy atom. The molecule has 1 fully saturated rings. The maximum Gasteiger partial charge on any atom is 0.137 e. The fourth-order valence-corrected chi connectivity index (χ4v) is 2.55. The van der Waals surface area contributed by atoms with Crippen molar-refractivity contribution in [1.82, 2.24) is 10.2 Å².